The van der Waals surface area contributed by atoms with Crippen molar-refractivity contribution in [1.29, 1.82) is 0 Å². The third-order valence-corrected chi connectivity index (χ3v) is 5.46. The summed E-state index contributed by atoms with van der Waals surface area (Å²) < 4.78 is 5.54. The zero-order valence-electron chi connectivity index (χ0n) is 15.7. The molecule has 1 aliphatic heterocycles. The maximum atomic E-state index is 13.0. The molecule has 4 rings (SSSR count). The molecule has 2 aromatic carbocycles. The monoisotopic (exact) mass is 396 g/mol. The summed E-state index contributed by atoms with van der Waals surface area (Å²) >= 11 is 6.10. The van der Waals surface area contributed by atoms with Crippen LogP contribution in [0.15, 0.2) is 48.7 Å². The molecular weight excluding hydrogens is 376 g/mol. The summed E-state index contributed by atoms with van der Waals surface area (Å²) in [7, 11) is 0. The first-order valence-electron chi connectivity index (χ1n) is 9.22. The fourth-order valence-corrected chi connectivity index (χ4v) is 4.07. The predicted octanol–water partition coefficient (Wildman–Crippen LogP) is 4.21. The third kappa shape index (κ3) is 3.27. The van der Waals surface area contributed by atoms with Crippen LogP contribution < -0.4 is 5.32 Å². The van der Waals surface area contributed by atoms with Crippen LogP contribution in [0.3, 0.4) is 0 Å². The van der Waals surface area contributed by atoms with Crippen LogP contribution in [0.25, 0.3) is 10.9 Å². The Bertz CT molecular complexity index is 1070. The summed E-state index contributed by atoms with van der Waals surface area (Å²) in [4.78, 5) is 28.4. The molecule has 0 saturated carbocycles. The first kappa shape index (κ1) is 18.6. The fourth-order valence-electron chi connectivity index (χ4n) is 3.90. The number of esters is 1. The standard InChI is InChI=1S/C22H21ClN2O3/c1-22(2)19(15-5-3-4-6-16(15)21(27)28-22)20(26)24-10-9-13-12-25-18-8-7-14(23)11-17(13)18/h3-8,11-12,19,25H,9-10H2,1-2H3,(H,24,26). The van der Waals surface area contributed by atoms with Gasteiger partial charge in [0.2, 0.25) is 5.91 Å². The molecule has 0 spiro atoms. The van der Waals surface area contributed by atoms with Gasteiger partial charge in [-0.25, -0.2) is 4.79 Å². The number of H-pyrrole nitrogens is 1. The van der Waals surface area contributed by atoms with E-state index in [4.69, 9.17) is 16.3 Å². The van der Waals surface area contributed by atoms with Crippen molar-refractivity contribution in [1.82, 2.24) is 10.3 Å². The lowest BCUT2D eigenvalue weighted by Crippen LogP contribution is -2.48. The number of nitrogens with one attached hydrogen (secondary N) is 2. The molecule has 1 atom stereocenters. The Balaban J connectivity index is 1.51. The average molecular weight is 397 g/mol. The first-order chi connectivity index (χ1) is 13.4. The summed E-state index contributed by atoms with van der Waals surface area (Å²) in [6.07, 6.45) is 2.61. The summed E-state index contributed by atoms with van der Waals surface area (Å²) in [5.74, 6) is -1.10. The van der Waals surface area contributed by atoms with Gasteiger partial charge in [0.05, 0.1) is 5.56 Å². The van der Waals surface area contributed by atoms with Crippen molar-refractivity contribution in [3.63, 3.8) is 0 Å². The highest BCUT2D eigenvalue weighted by atomic mass is 35.5. The summed E-state index contributed by atoms with van der Waals surface area (Å²) in [6, 6.07) is 12.8. The first-order valence-corrected chi connectivity index (χ1v) is 9.60. The zero-order chi connectivity index (χ0) is 19.9. The zero-order valence-corrected chi connectivity index (χ0v) is 16.5. The lowest BCUT2D eigenvalue weighted by molar-refractivity contribution is -0.128. The van der Waals surface area contributed by atoms with Crippen LogP contribution >= 0.6 is 11.6 Å². The van der Waals surface area contributed by atoms with Gasteiger partial charge < -0.3 is 15.0 Å². The van der Waals surface area contributed by atoms with Crippen LogP contribution in [0.1, 0.15) is 41.3 Å². The Labute approximate surface area is 168 Å². The van der Waals surface area contributed by atoms with Crippen LogP contribution in [-0.2, 0) is 16.0 Å². The number of hydrogen-bond donors (Lipinski definition) is 2. The molecule has 3 aromatic rings. The number of benzene rings is 2. The maximum absolute atomic E-state index is 13.0. The lowest BCUT2D eigenvalue weighted by Gasteiger charge is -2.38. The van der Waals surface area contributed by atoms with Gasteiger partial charge >= 0.3 is 5.97 Å². The highest BCUT2D eigenvalue weighted by Crippen LogP contribution is 2.38. The van der Waals surface area contributed by atoms with Crippen molar-refractivity contribution in [3.05, 3.63) is 70.4 Å². The van der Waals surface area contributed by atoms with Crippen molar-refractivity contribution < 1.29 is 14.3 Å². The molecule has 1 unspecified atom stereocenters. The van der Waals surface area contributed by atoms with Crippen molar-refractivity contribution in [3.8, 4) is 0 Å². The number of ether oxygens (including phenoxy) is 1. The third-order valence-electron chi connectivity index (χ3n) is 5.23. The number of cyclic esters (lactones) is 1. The van der Waals surface area contributed by atoms with Gasteiger partial charge in [-0.3, -0.25) is 4.79 Å². The number of hydrogen-bond acceptors (Lipinski definition) is 3. The molecule has 1 aliphatic rings. The molecule has 1 aromatic heterocycles. The van der Waals surface area contributed by atoms with E-state index in [1.165, 1.54) is 0 Å². The van der Waals surface area contributed by atoms with Gasteiger partial charge in [0.15, 0.2) is 0 Å². The molecule has 144 valence electrons. The summed E-state index contributed by atoms with van der Waals surface area (Å²) in [5, 5.41) is 4.74. The Kier molecular flexibility index (Phi) is 4.63. The van der Waals surface area contributed by atoms with E-state index in [0.717, 1.165) is 16.5 Å². The minimum Gasteiger partial charge on any atom is -0.455 e. The molecule has 0 saturated heterocycles. The molecule has 2 N–H and O–H groups in total. The maximum Gasteiger partial charge on any atom is 0.338 e. The predicted molar refractivity (Wildman–Crippen MR) is 109 cm³/mol. The normalized spacial score (nSPS) is 17.8. The van der Waals surface area contributed by atoms with Crippen molar-refractivity contribution in [2.24, 2.45) is 0 Å². The Morgan fingerprint density at radius 3 is 2.86 bits per heavy atom. The number of halogens is 1. The van der Waals surface area contributed by atoms with E-state index < -0.39 is 11.5 Å². The Morgan fingerprint density at radius 1 is 1.25 bits per heavy atom. The second-order valence-electron chi connectivity index (χ2n) is 7.56. The smallest absolute Gasteiger partial charge is 0.338 e. The highest BCUT2D eigenvalue weighted by Gasteiger charge is 2.45. The van der Waals surface area contributed by atoms with E-state index in [1.807, 2.05) is 36.5 Å². The van der Waals surface area contributed by atoms with Gasteiger partial charge in [0.25, 0.3) is 0 Å². The molecular formula is C22H21ClN2O3. The molecule has 0 aliphatic carbocycles. The quantitative estimate of drug-likeness (QED) is 0.649. The number of aromatic amines is 1. The molecule has 2 heterocycles. The van der Waals surface area contributed by atoms with Gasteiger partial charge in [0, 0.05) is 28.7 Å². The molecule has 6 heteroatoms. The number of aromatic nitrogens is 1. The van der Waals surface area contributed by atoms with E-state index in [-0.39, 0.29) is 11.9 Å². The highest BCUT2D eigenvalue weighted by molar-refractivity contribution is 6.31. The van der Waals surface area contributed by atoms with E-state index >= 15 is 0 Å². The molecule has 1 amide bonds. The SMILES string of the molecule is CC1(C)OC(=O)c2ccccc2C1C(=O)NCCc1c[nH]c2ccc(Cl)cc12. The van der Waals surface area contributed by atoms with E-state index in [9.17, 15) is 9.59 Å². The van der Waals surface area contributed by atoms with Gasteiger partial charge in [-0.1, -0.05) is 29.8 Å². The van der Waals surface area contributed by atoms with Crippen LogP contribution in [-0.4, -0.2) is 29.0 Å². The average Bonchev–Trinajstić information content (AvgIpc) is 3.03. The number of carbonyl (C=O) groups excluding carboxylic acids is 2. The number of fused-ring (bicyclic) bond motifs is 2. The van der Waals surface area contributed by atoms with Crippen molar-refractivity contribution >= 4 is 34.4 Å². The van der Waals surface area contributed by atoms with Crippen LogP contribution in [0.2, 0.25) is 5.02 Å². The molecule has 28 heavy (non-hydrogen) atoms. The largest absolute Gasteiger partial charge is 0.455 e. The molecule has 0 bridgehead atoms. The minimum atomic E-state index is -0.913. The summed E-state index contributed by atoms with van der Waals surface area (Å²) in [5.41, 5.74) is 2.35. The molecule has 0 fully saturated rings. The minimum absolute atomic E-state index is 0.150. The van der Waals surface area contributed by atoms with E-state index in [0.29, 0.717) is 29.1 Å². The van der Waals surface area contributed by atoms with E-state index in [2.05, 4.69) is 10.3 Å². The molecule has 5 nitrogen and oxygen atoms in total. The van der Waals surface area contributed by atoms with Gasteiger partial charge in [-0.05, 0) is 55.7 Å². The Morgan fingerprint density at radius 2 is 2.04 bits per heavy atom. The number of rotatable bonds is 4. The second kappa shape index (κ2) is 6.99. The van der Waals surface area contributed by atoms with Crippen molar-refractivity contribution in [2.75, 3.05) is 6.54 Å². The van der Waals surface area contributed by atoms with Crippen molar-refractivity contribution in [2.45, 2.75) is 31.8 Å². The fraction of sp³-hybridized carbons (Fsp3) is 0.273. The van der Waals surface area contributed by atoms with Gasteiger partial charge in [-0.2, -0.15) is 0 Å². The van der Waals surface area contributed by atoms with Crippen LogP contribution in [0.4, 0.5) is 0 Å². The number of amides is 1. The molecule has 0 radical (unpaired) electrons. The second-order valence-corrected chi connectivity index (χ2v) is 7.99. The van der Waals surface area contributed by atoms with Crippen LogP contribution in [0, 0.1) is 0 Å². The lowest BCUT2D eigenvalue weighted by atomic mass is 9.79. The topological polar surface area (TPSA) is 71.2 Å². The van der Waals surface area contributed by atoms with Gasteiger partial charge in [0.1, 0.15) is 11.5 Å². The van der Waals surface area contributed by atoms with E-state index in [1.54, 1.807) is 26.0 Å². The Hall–Kier alpha value is -2.79. The summed E-state index contributed by atoms with van der Waals surface area (Å²) in [6.45, 7) is 4.01. The number of carbonyl (C=O) groups is 2. The van der Waals surface area contributed by atoms with Gasteiger partial charge in [-0.15, -0.1) is 0 Å². The van der Waals surface area contributed by atoms with Crippen LogP contribution in [0.5, 0.6) is 0 Å².